The molecule has 1 saturated carbocycles. The summed E-state index contributed by atoms with van der Waals surface area (Å²) in [5.41, 5.74) is 6.14. The number of amides is 2. The summed E-state index contributed by atoms with van der Waals surface area (Å²) in [5.74, 6) is -1.96. The molecule has 1 aliphatic heterocycles. The first-order chi connectivity index (χ1) is 16.6. The Hall–Kier alpha value is -2.53. The zero-order valence-corrected chi connectivity index (χ0v) is 21.6. The number of thioether (sulfide) groups is 1. The SMILES string of the molecule is C/C=C(\NC(=O)[C@H](C[C@H]1CCN(C(C)=O)C1)C1=CCC(S(=O)(=O)C2CC2)C=C1)S/C(=C\N)C(=O)O. The average Bonchev–Trinajstić information content (AvgIpc) is 3.59. The van der Waals surface area contributed by atoms with E-state index >= 15 is 0 Å². The van der Waals surface area contributed by atoms with Crippen molar-refractivity contribution in [1.29, 1.82) is 0 Å². The van der Waals surface area contributed by atoms with Gasteiger partial charge in [0.15, 0.2) is 9.84 Å². The Morgan fingerprint density at radius 2 is 2.03 bits per heavy atom. The molecule has 0 spiro atoms. The number of carbonyl (C=O) groups is 3. The second kappa shape index (κ2) is 11.5. The third kappa shape index (κ3) is 6.78. The quantitative estimate of drug-likeness (QED) is 0.370. The van der Waals surface area contributed by atoms with Crippen molar-refractivity contribution in [2.75, 3.05) is 13.1 Å². The van der Waals surface area contributed by atoms with Crippen LogP contribution in [0.5, 0.6) is 0 Å². The van der Waals surface area contributed by atoms with Gasteiger partial charge in [0.1, 0.15) is 4.91 Å². The smallest absolute Gasteiger partial charge is 0.344 e. The molecule has 3 aliphatic rings. The highest BCUT2D eigenvalue weighted by molar-refractivity contribution is 8.07. The third-order valence-corrected chi connectivity index (χ3v) is 10.3. The number of allylic oxidation sites excluding steroid dienone is 3. The minimum atomic E-state index is -3.21. The van der Waals surface area contributed by atoms with E-state index in [4.69, 9.17) is 5.73 Å². The standard InChI is InChI=1S/C24H33N3O6S2/c1-3-22(34-21(13-25)24(30)31)26-23(29)20(12-16-10-11-27(14-16)15(2)28)17-4-6-18(7-5-17)35(32,33)19-8-9-19/h3-6,13,16,18-20H,7-12,14,25H2,1-2H3,(H,26,29)(H,30,31)/b21-13-,22-3+/t16-,18?,20-/m1/s1. The van der Waals surface area contributed by atoms with Crippen LogP contribution < -0.4 is 11.1 Å². The second-order valence-electron chi connectivity index (χ2n) is 9.11. The number of carboxylic acids is 1. The molecule has 2 aliphatic carbocycles. The van der Waals surface area contributed by atoms with Gasteiger partial charge in [-0.2, -0.15) is 0 Å². The number of hydrogen-bond acceptors (Lipinski definition) is 7. The van der Waals surface area contributed by atoms with Crippen molar-refractivity contribution in [3.05, 3.63) is 46.0 Å². The van der Waals surface area contributed by atoms with Crippen LogP contribution in [-0.2, 0) is 24.2 Å². The minimum absolute atomic E-state index is 0.000720. The van der Waals surface area contributed by atoms with E-state index in [-0.39, 0.29) is 27.9 Å². The monoisotopic (exact) mass is 523 g/mol. The molecule has 0 radical (unpaired) electrons. The molecule has 4 N–H and O–H groups in total. The Kier molecular flexibility index (Phi) is 8.87. The molecular weight excluding hydrogens is 490 g/mol. The van der Waals surface area contributed by atoms with Gasteiger partial charge in [0, 0.05) is 26.2 Å². The van der Waals surface area contributed by atoms with Crippen molar-refractivity contribution < 1.29 is 27.9 Å². The summed E-state index contributed by atoms with van der Waals surface area (Å²) < 4.78 is 25.3. The fraction of sp³-hybridized carbons (Fsp3) is 0.542. The molecule has 2 amide bonds. The van der Waals surface area contributed by atoms with E-state index in [1.807, 2.05) is 6.08 Å². The van der Waals surface area contributed by atoms with Crippen molar-refractivity contribution in [2.45, 2.75) is 56.5 Å². The number of nitrogens with one attached hydrogen (secondary N) is 1. The molecule has 0 bridgehead atoms. The van der Waals surface area contributed by atoms with Crippen LogP contribution in [0.1, 0.15) is 46.0 Å². The summed E-state index contributed by atoms with van der Waals surface area (Å²) in [4.78, 5) is 38.1. The molecule has 3 atom stereocenters. The highest BCUT2D eigenvalue weighted by Crippen LogP contribution is 2.36. The lowest BCUT2D eigenvalue weighted by atomic mass is 9.85. The van der Waals surface area contributed by atoms with Crippen LogP contribution in [0.4, 0.5) is 0 Å². The average molecular weight is 524 g/mol. The molecule has 1 saturated heterocycles. The van der Waals surface area contributed by atoms with E-state index in [0.29, 0.717) is 43.8 Å². The summed E-state index contributed by atoms with van der Waals surface area (Å²) in [5, 5.41) is 11.6. The molecule has 0 aromatic carbocycles. The van der Waals surface area contributed by atoms with Gasteiger partial charge < -0.3 is 21.1 Å². The van der Waals surface area contributed by atoms with E-state index in [1.54, 1.807) is 30.1 Å². The number of likely N-dealkylation sites (tertiary alicyclic amines) is 1. The molecule has 9 nitrogen and oxygen atoms in total. The van der Waals surface area contributed by atoms with Gasteiger partial charge in [-0.25, -0.2) is 13.2 Å². The Morgan fingerprint density at radius 1 is 1.31 bits per heavy atom. The maximum absolute atomic E-state index is 13.4. The zero-order chi connectivity index (χ0) is 25.8. The lowest BCUT2D eigenvalue weighted by Crippen LogP contribution is -2.34. The highest BCUT2D eigenvalue weighted by Gasteiger charge is 2.41. The van der Waals surface area contributed by atoms with Crippen LogP contribution >= 0.6 is 11.8 Å². The molecule has 35 heavy (non-hydrogen) atoms. The van der Waals surface area contributed by atoms with Gasteiger partial charge in [0.2, 0.25) is 11.8 Å². The predicted molar refractivity (Wildman–Crippen MR) is 135 cm³/mol. The van der Waals surface area contributed by atoms with Crippen molar-refractivity contribution in [3.8, 4) is 0 Å². The van der Waals surface area contributed by atoms with Crippen molar-refractivity contribution >= 4 is 39.4 Å². The molecule has 1 heterocycles. The number of aliphatic carboxylic acids is 1. The van der Waals surface area contributed by atoms with Crippen LogP contribution in [0.2, 0.25) is 0 Å². The number of rotatable bonds is 10. The molecule has 3 rings (SSSR count). The first-order valence-electron chi connectivity index (χ1n) is 11.7. The van der Waals surface area contributed by atoms with Gasteiger partial charge >= 0.3 is 5.97 Å². The topological polar surface area (TPSA) is 147 Å². The molecule has 1 unspecified atom stereocenters. The van der Waals surface area contributed by atoms with E-state index in [0.717, 1.165) is 30.0 Å². The van der Waals surface area contributed by atoms with Crippen molar-refractivity contribution in [1.82, 2.24) is 10.2 Å². The number of sulfone groups is 1. The summed E-state index contributed by atoms with van der Waals surface area (Å²) in [6.45, 7) is 4.42. The largest absolute Gasteiger partial charge is 0.477 e. The summed E-state index contributed by atoms with van der Waals surface area (Å²) in [6.07, 6.45) is 10.8. The van der Waals surface area contributed by atoms with E-state index in [2.05, 4.69) is 5.32 Å². The Morgan fingerprint density at radius 3 is 2.51 bits per heavy atom. The third-order valence-electron chi connectivity index (χ3n) is 6.61. The van der Waals surface area contributed by atoms with Gasteiger partial charge in [-0.05, 0) is 50.5 Å². The lowest BCUT2D eigenvalue weighted by molar-refractivity contribution is -0.132. The number of nitrogens with zero attached hydrogens (tertiary/aromatic N) is 1. The molecule has 192 valence electrons. The zero-order valence-electron chi connectivity index (χ0n) is 20.0. The number of carbonyl (C=O) groups excluding carboxylic acids is 2. The molecule has 0 aromatic heterocycles. The van der Waals surface area contributed by atoms with E-state index < -0.39 is 27.0 Å². The first-order valence-corrected chi connectivity index (χ1v) is 14.2. The van der Waals surface area contributed by atoms with Gasteiger partial charge in [-0.1, -0.05) is 36.1 Å². The highest BCUT2D eigenvalue weighted by atomic mass is 32.2. The van der Waals surface area contributed by atoms with Gasteiger partial charge in [-0.3, -0.25) is 9.59 Å². The molecule has 0 aromatic rings. The van der Waals surface area contributed by atoms with Gasteiger partial charge in [0.05, 0.1) is 21.4 Å². The predicted octanol–water partition coefficient (Wildman–Crippen LogP) is 2.29. The fourth-order valence-corrected chi connectivity index (χ4v) is 7.05. The summed E-state index contributed by atoms with van der Waals surface area (Å²) in [7, 11) is -3.21. The normalized spacial score (nSPS) is 24.2. The van der Waals surface area contributed by atoms with Crippen LogP contribution in [-0.4, -0.2) is 59.8 Å². The van der Waals surface area contributed by atoms with Crippen molar-refractivity contribution in [2.24, 2.45) is 17.6 Å². The van der Waals surface area contributed by atoms with Crippen LogP contribution in [0.15, 0.2) is 46.0 Å². The van der Waals surface area contributed by atoms with Gasteiger partial charge in [0.25, 0.3) is 0 Å². The minimum Gasteiger partial charge on any atom is -0.477 e. The molecular formula is C24H33N3O6S2. The summed E-state index contributed by atoms with van der Waals surface area (Å²) >= 11 is 0.847. The maximum Gasteiger partial charge on any atom is 0.344 e. The van der Waals surface area contributed by atoms with Crippen molar-refractivity contribution in [3.63, 3.8) is 0 Å². The maximum atomic E-state index is 13.4. The van der Waals surface area contributed by atoms with Crippen LogP contribution in [0.3, 0.4) is 0 Å². The number of carboxylic acid groups (broad SMARTS) is 1. The first kappa shape index (κ1) is 27.1. The van der Waals surface area contributed by atoms with E-state index in [9.17, 15) is 27.9 Å². The Labute approximate surface area is 210 Å². The fourth-order valence-electron chi connectivity index (χ4n) is 4.43. The van der Waals surface area contributed by atoms with E-state index in [1.165, 1.54) is 6.92 Å². The van der Waals surface area contributed by atoms with Gasteiger partial charge in [-0.15, -0.1) is 0 Å². The van der Waals surface area contributed by atoms with Crippen LogP contribution in [0, 0.1) is 11.8 Å². The Bertz CT molecular complexity index is 1090. The Balaban J connectivity index is 1.77. The van der Waals surface area contributed by atoms with Crippen LogP contribution in [0.25, 0.3) is 0 Å². The lowest BCUT2D eigenvalue weighted by Gasteiger charge is -2.25. The molecule has 11 heteroatoms. The summed E-state index contributed by atoms with van der Waals surface area (Å²) in [6, 6.07) is 0. The second-order valence-corrected chi connectivity index (χ2v) is 12.6. The number of nitrogens with two attached hydrogens (primary N) is 1. The number of hydrogen-bond donors (Lipinski definition) is 3. The molecule has 2 fully saturated rings.